The molecule has 1 atom stereocenters. The molecule has 186 valence electrons. The summed E-state index contributed by atoms with van der Waals surface area (Å²) >= 11 is 0. The van der Waals surface area contributed by atoms with Gasteiger partial charge in [0.15, 0.2) is 11.6 Å². The van der Waals surface area contributed by atoms with E-state index in [1.54, 1.807) is 6.07 Å². The Morgan fingerprint density at radius 2 is 1.83 bits per heavy atom. The fraction of sp³-hybridized carbons (Fsp3) is 0.280. The third-order valence-corrected chi connectivity index (χ3v) is 6.18. The summed E-state index contributed by atoms with van der Waals surface area (Å²) in [6.07, 6.45) is 2.75. The highest BCUT2D eigenvalue weighted by Gasteiger charge is 2.26. The van der Waals surface area contributed by atoms with Gasteiger partial charge >= 0.3 is 0 Å². The summed E-state index contributed by atoms with van der Waals surface area (Å²) < 4.78 is 31.0. The van der Waals surface area contributed by atoms with Gasteiger partial charge in [-0.05, 0) is 50.6 Å². The summed E-state index contributed by atoms with van der Waals surface area (Å²) in [4.78, 5) is 27.7. The number of hydrogen-bond acceptors (Lipinski definition) is 6. The maximum Gasteiger partial charge on any atom is 0.276 e. The van der Waals surface area contributed by atoms with Crippen LogP contribution in [0.15, 0.2) is 53.5 Å². The van der Waals surface area contributed by atoms with Crippen LogP contribution in [0.2, 0.25) is 0 Å². The largest absolute Gasteiger partial charge is 0.368 e. The highest BCUT2D eigenvalue weighted by atomic mass is 19.1. The van der Waals surface area contributed by atoms with Gasteiger partial charge in [-0.2, -0.15) is 14.9 Å². The van der Waals surface area contributed by atoms with Gasteiger partial charge in [-0.3, -0.25) is 14.3 Å². The molecule has 3 N–H and O–H groups in total. The molecule has 1 amide bonds. The van der Waals surface area contributed by atoms with Crippen LogP contribution in [0.1, 0.15) is 36.8 Å². The first-order chi connectivity index (χ1) is 17.2. The Morgan fingerprint density at radius 3 is 2.50 bits per heavy atom. The van der Waals surface area contributed by atoms with Crippen LogP contribution in [-0.2, 0) is 0 Å². The second-order valence-corrected chi connectivity index (χ2v) is 9.09. The zero-order valence-electron chi connectivity index (χ0n) is 19.8. The number of para-hydroxylation sites is 1. The van der Waals surface area contributed by atoms with E-state index in [1.165, 1.54) is 12.1 Å². The molecule has 0 aliphatic carbocycles. The SMILES string of the molecule is CC(C)n1cc2c(N3CC[C@@H](N)C3)c(NC(=O)c3ccc(=O)n(-c4c(F)cccc4F)n3)ccc2n1. The van der Waals surface area contributed by atoms with Gasteiger partial charge in [0.2, 0.25) is 0 Å². The van der Waals surface area contributed by atoms with Gasteiger partial charge in [-0.1, -0.05) is 6.07 Å². The van der Waals surface area contributed by atoms with E-state index in [-0.39, 0.29) is 17.8 Å². The molecule has 9 nitrogen and oxygen atoms in total. The summed E-state index contributed by atoms with van der Waals surface area (Å²) in [6.45, 7) is 5.38. The smallest absolute Gasteiger partial charge is 0.276 e. The number of hydrogen-bond donors (Lipinski definition) is 2. The molecule has 3 heterocycles. The molecule has 1 aliphatic heterocycles. The lowest BCUT2D eigenvalue weighted by atomic mass is 10.1. The standard InChI is InChI=1S/C25H25F2N7O2/c1-14(2)33-13-16-19(30-33)6-7-20(23(16)32-11-10-15(28)12-32)29-25(36)21-8-9-22(35)34(31-21)24-17(26)4-3-5-18(24)27/h3-9,13-15H,10-12,28H2,1-2H3,(H,29,36)/t15-/m1/s1. The van der Waals surface area contributed by atoms with Gasteiger partial charge in [0.1, 0.15) is 11.4 Å². The molecule has 1 aliphatic rings. The third kappa shape index (κ3) is 4.22. The summed E-state index contributed by atoms with van der Waals surface area (Å²) in [6, 6.07) is 9.18. The molecule has 1 saturated heterocycles. The fourth-order valence-corrected chi connectivity index (χ4v) is 4.36. The van der Waals surface area contributed by atoms with E-state index in [2.05, 4.69) is 20.4 Å². The van der Waals surface area contributed by atoms with Crippen molar-refractivity contribution in [1.82, 2.24) is 19.6 Å². The van der Waals surface area contributed by atoms with Crippen molar-refractivity contribution in [3.63, 3.8) is 0 Å². The first-order valence-corrected chi connectivity index (χ1v) is 11.6. The monoisotopic (exact) mass is 493 g/mol. The van der Waals surface area contributed by atoms with Crippen molar-refractivity contribution in [1.29, 1.82) is 0 Å². The van der Waals surface area contributed by atoms with E-state index < -0.39 is 28.8 Å². The quantitative estimate of drug-likeness (QED) is 0.442. The molecule has 0 unspecified atom stereocenters. The Labute approximate surface area is 205 Å². The number of benzene rings is 2. The number of nitrogens with one attached hydrogen (secondary N) is 1. The number of halogens is 2. The highest BCUT2D eigenvalue weighted by molar-refractivity contribution is 6.08. The molecule has 11 heteroatoms. The molecule has 4 aromatic rings. The zero-order chi connectivity index (χ0) is 25.6. The van der Waals surface area contributed by atoms with E-state index in [0.717, 1.165) is 41.2 Å². The summed E-state index contributed by atoms with van der Waals surface area (Å²) in [5.74, 6) is -2.58. The molecule has 0 saturated carbocycles. The van der Waals surface area contributed by atoms with E-state index >= 15 is 0 Å². The Kier molecular flexibility index (Phi) is 6.00. The van der Waals surface area contributed by atoms with E-state index in [1.807, 2.05) is 30.8 Å². The van der Waals surface area contributed by atoms with Crippen molar-refractivity contribution in [3.8, 4) is 5.69 Å². The molecule has 0 bridgehead atoms. The number of carbonyl (C=O) groups is 1. The molecule has 36 heavy (non-hydrogen) atoms. The average Bonchev–Trinajstić information content (AvgIpc) is 3.46. The minimum absolute atomic E-state index is 0.00448. The number of nitrogens with two attached hydrogens (primary N) is 1. The summed E-state index contributed by atoms with van der Waals surface area (Å²) in [7, 11) is 0. The normalized spacial score (nSPS) is 15.7. The summed E-state index contributed by atoms with van der Waals surface area (Å²) in [5, 5.41) is 12.3. The van der Waals surface area contributed by atoms with Crippen molar-refractivity contribution in [2.45, 2.75) is 32.4 Å². The molecule has 2 aromatic heterocycles. The zero-order valence-corrected chi connectivity index (χ0v) is 19.8. The maximum absolute atomic E-state index is 14.3. The first kappa shape index (κ1) is 23.6. The van der Waals surface area contributed by atoms with E-state index in [0.29, 0.717) is 23.5 Å². The predicted octanol–water partition coefficient (Wildman–Crippen LogP) is 3.23. The van der Waals surface area contributed by atoms with Gasteiger partial charge < -0.3 is 16.0 Å². The highest BCUT2D eigenvalue weighted by Crippen LogP contribution is 2.37. The fourth-order valence-electron chi connectivity index (χ4n) is 4.36. The first-order valence-electron chi connectivity index (χ1n) is 11.6. The molecule has 1 fully saturated rings. The lowest BCUT2D eigenvalue weighted by Crippen LogP contribution is -2.28. The van der Waals surface area contributed by atoms with Crippen molar-refractivity contribution < 1.29 is 13.6 Å². The van der Waals surface area contributed by atoms with Gasteiger partial charge in [0, 0.05) is 42.8 Å². The molecule has 0 spiro atoms. The number of aromatic nitrogens is 4. The van der Waals surface area contributed by atoms with Crippen molar-refractivity contribution in [2.75, 3.05) is 23.3 Å². The Bertz CT molecular complexity index is 1510. The van der Waals surface area contributed by atoms with E-state index in [4.69, 9.17) is 5.73 Å². The van der Waals surface area contributed by atoms with Crippen molar-refractivity contribution in [2.24, 2.45) is 5.73 Å². The van der Waals surface area contributed by atoms with E-state index in [9.17, 15) is 18.4 Å². The topological polar surface area (TPSA) is 111 Å². The Balaban J connectivity index is 1.55. The number of nitrogens with zero attached hydrogens (tertiary/aromatic N) is 5. The van der Waals surface area contributed by atoms with Gasteiger partial charge in [-0.25, -0.2) is 8.78 Å². The number of fused-ring (bicyclic) bond motifs is 1. The predicted molar refractivity (Wildman–Crippen MR) is 133 cm³/mol. The van der Waals surface area contributed by atoms with Crippen molar-refractivity contribution in [3.05, 3.63) is 76.3 Å². The summed E-state index contributed by atoms with van der Waals surface area (Å²) in [5.41, 5.74) is 6.64. The van der Waals surface area contributed by atoms with Crippen LogP contribution in [0.25, 0.3) is 16.6 Å². The molecule has 2 aromatic carbocycles. The Hall–Kier alpha value is -4.12. The number of rotatable bonds is 5. The third-order valence-electron chi connectivity index (χ3n) is 6.18. The Morgan fingerprint density at radius 1 is 1.08 bits per heavy atom. The van der Waals surface area contributed by atoms with Gasteiger partial charge in [0.25, 0.3) is 11.5 Å². The molecule has 0 radical (unpaired) electrons. The molecule has 5 rings (SSSR count). The number of amides is 1. The molecular weight excluding hydrogens is 468 g/mol. The lowest BCUT2D eigenvalue weighted by molar-refractivity contribution is 0.102. The lowest BCUT2D eigenvalue weighted by Gasteiger charge is -2.23. The van der Waals surface area contributed by atoms with Crippen LogP contribution in [0.3, 0.4) is 0 Å². The maximum atomic E-state index is 14.3. The number of anilines is 2. The van der Waals surface area contributed by atoms with Crippen LogP contribution in [0.5, 0.6) is 0 Å². The minimum atomic E-state index is -0.970. The van der Waals surface area contributed by atoms with Crippen LogP contribution in [-0.4, -0.2) is 44.6 Å². The van der Waals surface area contributed by atoms with Crippen LogP contribution in [0, 0.1) is 11.6 Å². The van der Waals surface area contributed by atoms with Crippen molar-refractivity contribution >= 4 is 28.2 Å². The molecular formula is C25H25F2N7O2. The van der Waals surface area contributed by atoms with Crippen LogP contribution < -0.4 is 21.5 Å². The second-order valence-electron chi connectivity index (χ2n) is 9.09. The van der Waals surface area contributed by atoms with Crippen LogP contribution in [0.4, 0.5) is 20.2 Å². The average molecular weight is 494 g/mol. The van der Waals surface area contributed by atoms with Gasteiger partial charge in [-0.15, -0.1) is 0 Å². The van der Waals surface area contributed by atoms with Crippen LogP contribution >= 0.6 is 0 Å². The number of carbonyl (C=O) groups excluding carboxylic acids is 1. The minimum Gasteiger partial charge on any atom is -0.368 e. The van der Waals surface area contributed by atoms with Gasteiger partial charge in [0.05, 0.1) is 16.9 Å². The second kappa shape index (κ2) is 9.15.